The first kappa shape index (κ1) is 31.4. The molecule has 0 saturated carbocycles. The zero-order valence-electron chi connectivity index (χ0n) is 22.6. The van der Waals surface area contributed by atoms with E-state index in [0.29, 0.717) is 34.0 Å². The first-order chi connectivity index (χ1) is 19.1. The zero-order chi connectivity index (χ0) is 29.3. The molecular weight excluding hydrogens is 618 g/mol. The summed E-state index contributed by atoms with van der Waals surface area (Å²) in [5.74, 6) is -0.334. The summed E-state index contributed by atoms with van der Waals surface area (Å²) in [7, 11) is -4.17. The first-order valence-corrected chi connectivity index (χ1v) is 15.5. The lowest BCUT2D eigenvalue weighted by Crippen LogP contribution is -2.51. The second kappa shape index (κ2) is 14.5. The largest absolute Gasteiger partial charge is 0.494 e. The number of halogens is 2. The third-order valence-electron chi connectivity index (χ3n) is 6.13. The normalized spacial score (nSPS) is 11.9. The number of anilines is 1. The third kappa shape index (κ3) is 7.99. The number of hydrogen-bond acceptors (Lipinski definition) is 5. The van der Waals surface area contributed by atoms with Crippen LogP contribution in [-0.2, 0) is 26.2 Å². The van der Waals surface area contributed by atoms with Crippen LogP contribution in [0, 0.1) is 0 Å². The number of ether oxygens (including phenoxy) is 1. The number of carbonyl (C=O) groups is 2. The number of benzene rings is 3. The summed E-state index contributed by atoms with van der Waals surface area (Å²) >= 11 is 9.72. The summed E-state index contributed by atoms with van der Waals surface area (Å²) in [5.41, 5.74) is 0.913. The van der Waals surface area contributed by atoms with Crippen LogP contribution in [0.3, 0.4) is 0 Å². The van der Waals surface area contributed by atoms with Gasteiger partial charge in [0.05, 0.1) is 17.2 Å². The number of sulfonamides is 1. The van der Waals surface area contributed by atoms with Crippen molar-refractivity contribution in [3.63, 3.8) is 0 Å². The highest BCUT2D eigenvalue weighted by molar-refractivity contribution is 9.10. The quantitative estimate of drug-likeness (QED) is 0.258. The topological polar surface area (TPSA) is 96.0 Å². The van der Waals surface area contributed by atoms with Crippen molar-refractivity contribution in [3.8, 4) is 5.75 Å². The monoisotopic (exact) mass is 649 g/mol. The van der Waals surface area contributed by atoms with Crippen LogP contribution >= 0.6 is 27.5 Å². The Morgan fingerprint density at radius 2 is 1.65 bits per heavy atom. The standard InChI is InChI=1S/C29H33BrClN3O5S/c1-4-18-32-29(36)21(3)33(19-22-8-6-7-9-27(22)31)28(35)20-34(24-12-14-25(15-13-24)39-5-2)40(37,38)26-16-10-23(30)11-17-26/h6-17,21H,4-5,18-20H2,1-3H3,(H,32,36)/t21-/m1/s1. The summed E-state index contributed by atoms with van der Waals surface area (Å²) < 4.78 is 35.0. The number of carbonyl (C=O) groups excluding carboxylic acids is 2. The molecular formula is C29H33BrClN3O5S. The fourth-order valence-electron chi connectivity index (χ4n) is 3.93. The van der Waals surface area contributed by atoms with Crippen molar-refractivity contribution in [1.29, 1.82) is 0 Å². The minimum absolute atomic E-state index is 0.0174. The van der Waals surface area contributed by atoms with Gasteiger partial charge in [-0.15, -0.1) is 0 Å². The van der Waals surface area contributed by atoms with Gasteiger partial charge in [-0.3, -0.25) is 13.9 Å². The molecule has 1 atom stereocenters. The van der Waals surface area contributed by atoms with E-state index < -0.39 is 28.5 Å². The van der Waals surface area contributed by atoms with E-state index in [1.807, 2.05) is 13.8 Å². The lowest BCUT2D eigenvalue weighted by Gasteiger charge is -2.32. The second-order valence-electron chi connectivity index (χ2n) is 8.97. The SMILES string of the molecule is CCCNC(=O)[C@@H](C)N(Cc1ccccc1Cl)C(=O)CN(c1ccc(OCC)cc1)S(=O)(=O)c1ccc(Br)cc1. The Kier molecular flexibility index (Phi) is 11.4. The van der Waals surface area contributed by atoms with E-state index in [4.69, 9.17) is 16.3 Å². The van der Waals surface area contributed by atoms with Crippen molar-refractivity contribution in [2.24, 2.45) is 0 Å². The summed E-state index contributed by atoms with van der Waals surface area (Å²) in [4.78, 5) is 28.2. The van der Waals surface area contributed by atoms with Gasteiger partial charge in [0.2, 0.25) is 11.8 Å². The Morgan fingerprint density at radius 3 is 2.25 bits per heavy atom. The fraction of sp³-hybridized carbons (Fsp3) is 0.310. The average molecular weight is 651 g/mol. The van der Waals surface area contributed by atoms with E-state index in [0.717, 1.165) is 10.7 Å². The maximum absolute atomic E-state index is 13.9. The molecule has 214 valence electrons. The van der Waals surface area contributed by atoms with E-state index in [9.17, 15) is 18.0 Å². The molecule has 11 heteroatoms. The van der Waals surface area contributed by atoms with Crippen LogP contribution in [0.5, 0.6) is 5.75 Å². The molecule has 0 saturated heterocycles. The minimum atomic E-state index is -4.17. The Bertz CT molecular complexity index is 1400. The third-order valence-corrected chi connectivity index (χ3v) is 8.82. The molecule has 0 radical (unpaired) electrons. The van der Waals surface area contributed by atoms with E-state index in [1.54, 1.807) is 67.6 Å². The van der Waals surface area contributed by atoms with Gasteiger partial charge in [-0.05, 0) is 80.4 Å². The van der Waals surface area contributed by atoms with Crippen molar-refractivity contribution in [2.45, 2.75) is 44.7 Å². The summed E-state index contributed by atoms with van der Waals surface area (Å²) in [6.07, 6.45) is 0.730. The van der Waals surface area contributed by atoms with Crippen LogP contribution in [-0.4, -0.2) is 50.9 Å². The predicted molar refractivity (Wildman–Crippen MR) is 161 cm³/mol. The molecule has 0 spiro atoms. The maximum atomic E-state index is 13.9. The molecule has 0 aliphatic rings. The van der Waals surface area contributed by atoms with E-state index in [2.05, 4.69) is 21.2 Å². The number of nitrogens with one attached hydrogen (secondary N) is 1. The molecule has 0 fully saturated rings. The molecule has 0 heterocycles. The molecule has 3 rings (SSSR count). The highest BCUT2D eigenvalue weighted by Crippen LogP contribution is 2.28. The van der Waals surface area contributed by atoms with Crippen LogP contribution in [0.25, 0.3) is 0 Å². The minimum Gasteiger partial charge on any atom is -0.494 e. The highest BCUT2D eigenvalue weighted by atomic mass is 79.9. The van der Waals surface area contributed by atoms with Crippen molar-refractivity contribution in [2.75, 3.05) is 24.0 Å². The molecule has 0 unspecified atom stereocenters. The molecule has 3 aromatic carbocycles. The van der Waals surface area contributed by atoms with Gasteiger partial charge in [0.1, 0.15) is 18.3 Å². The van der Waals surface area contributed by atoms with Crippen molar-refractivity contribution >= 4 is 55.1 Å². The molecule has 0 aromatic heterocycles. The average Bonchev–Trinajstić information content (AvgIpc) is 2.94. The van der Waals surface area contributed by atoms with Crippen LogP contribution in [0.4, 0.5) is 5.69 Å². The Labute approximate surface area is 249 Å². The number of amides is 2. The van der Waals surface area contributed by atoms with Crippen LogP contribution in [0.15, 0.2) is 82.2 Å². The van der Waals surface area contributed by atoms with E-state index >= 15 is 0 Å². The molecule has 40 heavy (non-hydrogen) atoms. The van der Waals surface area contributed by atoms with Gasteiger partial charge in [-0.2, -0.15) is 0 Å². The summed E-state index contributed by atoms with van der Waals surface area (Å²) in [6.45, 7) is 5.78. The zero-order valence-corrected chi connectivity index (χ0v) is 25.8. The lowest BCUT2D eigenvalue weighted by atomic mass is 10.1. The second-order valence-corrected chi connectivity index (χ2v) is 12.2. The first-order valence-electron chi connectivity index (χ1n) is 12.9. The predicted octanol–water partition coefficient (Wildman–Crippen LogP) is 5.64. The molecule has 0 bridgehead atoms. The van der Waals surface area contributed by atoms with Crippen molar-refractivity contribution in [1.82, 2.24) is 10.2 Å². The van der Waals surface area contributed by atoms with Gasteiger partial charge in [-0.25, -0.2) is 8.42 Å². The molecule has 0 aliphatic carbocycles. The number of hydrogen-bond donors (Lipinski definition) is 1. The van der Waals surface area contributed by atoms with Crippen LogP contribution in [0.2, 0.25) is 5.02 Å². The van der Waals surface area contributed by atoms with Crippen LogP contribution in [0.1, 0.15) is 32.8 Å². The molecule has 1 N–H and O–H groups in total. The molecule has 0 aliphatic heterocycles. The van der Waals surface area contributed by atoms with Gasteiger partial charge in [0.15, 0.2) is 0 Å². The van der Waals surface area contributed by atoms with Gasteiger partial charge in [0, 0.05) is 22.6 Å². The molecule has 3 aromatic rings. The Balaban J connectivity index is 2.03. The van der Waals surface area contributed by atoms with Gasteiger partial charge in [0.25, 0.3) is 10.0 Å². The van der Waals surface area contributed by atoms with Crippen molar-refractivity contribution in [3.05, 3.63) is 87.9 Å². The Morgan fingerprint density at radius 1 is 1.00 bits per heavy atom. The van der Waals surface area contributed by atoms with Gasteiger partial charge >= 0.3 is 0 Å². The smallest absolute Gasteiger partial charge is 0.264 e. The number of rotatable bonds is 13. The fourth-order valence-corrected chi connectivity index (χ4v) is 5.80. The van der Waals surface area contributed by atoms with E-state index in [1.165, 1.54) is 17.0 Å². The van der Waals surface area contributed by atoms with Gasteiger partial charge < -0.3 is 15.0 Å². The maximum Gasteiger partial charge on any atom is 0.264 e. The highest BCUT2D eigenvalue weighted by Gasteiger charge is 2.32. The summed E-state index contributed by atoms with van der Waals surface area (Å²) in [6, 6.07) is 18.8. The Hall–Kier alpha value is -3.08. The summed E-state index contributed by atoms with van der Waals surface area (Å²) in [5, 5.41) is 3.25. The molecule has 8 nitrogen and oxygen atoms in total. The van der Waals surface area contributed by atoms with Crippen LogP contribution < -0.4 is 14.4 Å². The van der Waals surface area contributed by atoms with Crippen molar-refractivity contribution < 1.29 is 22.7 Å². The lowest BCUT2D eigenvalue weighted by molar-refractivity contribution is -0.139. The number of nitrogens with zero attached hydrogens (tertiary/aromatic N) is 2. The van der Waals surface area contributed by atoms with E-state index in [-0.39, 0.29) is 23.0 Å². The molecule has 2 amide bonds. The van der Waals surface area contributed by atoms with Gasteiger partial charge in [-0.1, -0.05) is 52.7 Å².